The van der Waals surface area contributed by atoms with Gasteiger partial charge in [-0.05, 0) is 24.5 Å². The first kappa shape index (κ1) is 21.9. The minimum absolute atomic E-state index is 0.197. The van der Waals surface area contributed by atoms with Crippen LogP contribution in [0.4, 0.5) is 23.3 Å². The number of piperazine rings is 1. The number of hydroxylamine groups is 1. The number of rotatable bonds is 6. The fourth-order valence-corrected chi connectivity index (χ4v) is 4.07. The van der Waals surface area contributed by atoms with Crippen LogP contribution in [0.25, 0.3) is 10.9 Å². The maximum Gasteiger partial charge on any atom is 0.277 e. The number of anilines is 4. The Morgan fingerprint density at radius 3 is 2.56 bits per heavy atom. The molecule has 0 aliphatic carbocycles. The molecule has 34 heavy (non-hydrogen) atoms. The van der Waals surface area contributed by atoms with Gasteiger partial charge in [0, 0.05) is 55.7 Å². The van der Waals surface area contributed by atoms with Gasteiger partial charge in [0.1, 0.15) is 11.6 Å². The molecule has 0 unspecified atom stereocenters. The predicted octanol–water partition coefficient (Wildman–Crippen LogP) is 2.05. The number of carbonyl (C=O) groups excluding carboxylic acids is 1. The van der Waals surface area contributed by atoms with Crippen LogP contribution >= 0.6 is 11.8 Å². The highest BCUT2D eigenvalue weighted by atomic mass is 32.2. The molecular formula is C21H22N10O2S. The zero-order chi connectivity index (χ0) is 23.5. The lowest BCUT2D eigenvalue weighted by Gasteiger charge is -2.35. The second-order valence-electron chi connectivity index (χ2n) is 7.58. The third-order valence-corrected chi connectivity index (χ3v) is 6.02. The van der Waals surface area contributed by atoms with Crippen molar-refractivity contribution in [3.05, 3.63) is 48.4 Å². The number of hydrogen-bond donors (Lipinski definition) is 4. The number of amides is 1. The molecule has 1 aliphatic heterocycles. The Morgan fingerprint density at radius 1 is 1.06 bits per heavy atom. The summed E-state index contributed by atoms with van der Waals surface area (Å²) in [4.78, 5) is 33.5. The Labute approximate surface area is 198 Å². The van der Waals surface area contributed by atoms with Gasteiger partial charge in [0.05, 0.1) is 17.3 Å². The standard InChI is InChI=1S/C21H22N10O2S/c1-34-21-26-17(25-15-2-3-16-13(8-15)12-24-28-16)9-18(27-21)30-4-6-31(7-5-30)20-22-10-14(11-23-20)19(32)29-33/h2-3,8-12,33H,4-7H2,1H3,(H,24,28)(H,29,32)(H,25,26,27). The van der Waals surface area contributed by atoms with Gasteiger partial charge in [-0.3, -0.25) is 15.1 Å². The van der Waals surface area contributed by atoms with E-state index >= 15 is 0 Å². The van der Waals surface area contributed by atoms with Gasteiger partial charge < -0.3 is 15.1 Å². The monoisotopic (exact) mass is 478 g/mol. The summed E-state index contributed by atoms with van der Waals surface area (Å²) < 4.78 is 0. The maximum atomic E-state index is 11.5. The number of nitrogens with zero attached hydrogens (tertiary/aromatic N) is 7. The molecule has 13 heteroatoms. The molecule has 1 saturated heterocycles. The lowest BCUT2D eigenvalue weighted by molar-refractivity contribution is 0.0705. The minimum Gasteiger partial charge on any atom is -0.353 e. The molecule has 4 aromatic rings. The fraction of sp³-hybridized carbons (Fsp3) is 0.238. The van der Waals surface area contributed by atoms with E-state index in [0.29, 0.717) is 24.2 Å². The molecule has 4 heterocycles. The third kappa shape index (κ3) is 4.56. The molecule has 0 atom stereocenters. The maximum absolute atomic E-state index is 11.5. The number of aromatic amines is 1. The molecule has 0 spiro atoms. The molecule has 3 aromatic heterocycles. The summed E-state index contributed by atoms with van der Waals surface area (Å²) in [6.45, 7) is 2.86. The number of nitrogens with one attached hydrogen (secondary N) is 3. The fourth-order valence-electron chi connectivity index (χ4n) is 3.70. The molecular weight excluding hydrogens is 456 g/mol. The van der Waals surface area contributed by atoms with Crippen molar-refractivity contribution in [2.24, 2.45) is 0 Å². The number of benzene rings is 1. The number of thioether (sulfide) groups is 1. The lowest BCUT2D eigenvalue weighted by Crippen LogP contribution is -2.47. The van der Waals surface area contributed by atoms with E-state index in [9.17, 15) is 4.79 Å². The number of hydrogen-bond acceptors (Lipinski definition) is 11. The Morgan fingerprint density at radius 2 is 1.82 bits per heavy atom. The van der Waals surface area contributed by atoms with Gasteiger partial charge in [-0.15, -0.1) is 0 Å². The van der Waals surface area contributed by atoms with Crippen molar-refractivity contribution in [2.45, 2.75) is 5.16 Å². The zero-order valence-electron chi connectivity index (χ0n) is 18.3. The molecule has 12 nitrogen and oxygen atoms in total. The van der Waals surface area contributed by atoms with Gasteiger partial charge in [-0.25, -0.2) is 25.4 Å². The van der Waals surface area contributed by atoms with Crippen molar-refractivity contribution in [3.8, 4) is 0 Å². The Bertz CT molecular complexity index is 1300. The molecule has 5 rings (SSSR count). The van der Waals surface area contributed by atoms with E-state index in [2.05, 4.69) is 35.4 Å². The van der Waals surface area contributed by atoms with Crippen LogP contribution in [0.1, 0.15) is 10.4 Å². The molecule has 4 N–H and O–H groups in total. The third-order valence-electron chi connectivity index (χ3n) is 5.48. The van der Waals surface area contributed by atoms with Crippen LogP contribution in [0.5, 0.6) is 0 Å². The number of carbonyl (C=O) groups is 1. The second-order valence-corrected chi connectivity index (χ2v) is 8.36. The second kappa shape index (κ2) is 9.49. The van der Waals surface area contributed by atoms with E-state index in [-0.39, 0.29) is 5.56 Å². The minimum atomic E-state index is -0.640. The van der Waals surface area contributed by atoms with Crippen LogP contribution < -0.4 is 20.6 Å². The summed E-state index contributed by atoms with van der Waals surface area (Å²) in [7, 11) is 0. The molecule has 0 bridgehead atoms. The van der Waals surface area contributed by atoms with Crippen molar-refractivity contribution in [3.63, 3.8) is 0 Å². The van der Waals surface area contributed by atoms with Gasteiger partial charge >= 0.3 is 0 Å². The van der Waals surface area contributed by atoms with Gasteiger partial charge in [-0.2, -0.15) is 5.10 Å². The first-order valence-corrected chi connectivity index (χ1v) is 11.7. The molecule has 1 fully saturated rings. The summed E-state index contributed by atoms with van der Waals surface area (Å²) in [6, 6.07) is 7.93. The van der Waals surface area contributed by atoms with Crippen molar-refractivity contribution >= 4 is 51.8 Å². The molecule has 1 aliphatic rings. The molecule has 174 valence electrons. The summed E-state index contributed by atoms with van der Waals surface area (Å²) in [5, 5.41) is 20.8. The van der Waals surface area contributed by atoms with Crippen LogP contribution in [0.15, 0.2) is 48.0 Å². The van der Waals surface area contributed by atoms with E-state index in [1.807, 2.05) is 35.4 Å². The van der Waals surface area contributed by atoms with E-state index in [4.69, 9.17) is 10.2 Å². The molecule has 0 radical (unpaired) electrons. The topological polar surface area (TPSA) is 148 Å². The molecule has 0 saturated carbocycles. The van der Waals surface area contributed by atoms with Crippen LogP contribution in [-0.4, -0.2) is 73.7 Å². The lowest BCUT2D eigenvalue weighted by atomic mass is 10.2. The Kier molecular flexibility index (Phi) is 6.10. The quantitative estimate of drug-likeness (QED) is 0.140. The van der Waals surface area contributed by atoms with Gasteiger partial charge in [0.15, 0.2) is 5.16 Å². The number of aromatic nitrogens is 6. The summed E-state index contributed by atoms with van der Waals surface area (Å²) in [5.74, 6) is 1.47. The highest BCUT2D eigenvalue weighted by Crippen LogP contribution is 2.26. The van der Waals surface area contributed by atoms with Crippen LogP contribution in [0.2, 0.25) is 0 Å². The predicted molar refractivity (Wildman–Crippen MR) is 129 cm³/mol. The first-order valence-electron chi connectivity index (χ1n) is 10.5. The van der Waals surface area contributed by atoms with Crippen molar-refractivity contribution in [2.75, 3.05) is 47.6 Å². The number of H-pyrrole nitrogens is 1. The zero-order valence-corrected chi connectivity index (χ0v) is 19.1. The highest BCUT2D eigenvalue weighted by molar-refractivity contribution is 7.98. The van der Waals surface area contributed by atoms with Gasteiger partial charge in [0.2, 0.25) is 5.95 Å². The van der Waals surface area contributed by atoms with E-state index in [0.717, 1.165) is 41.3 Å². The summed E-state index contributed by atoms with van der Waals surface area (Å²) in [6.07, 6.45) is 6.54. The average molecular weight is 479 g/mol. The molecule has 1 aromatic carbocycles. The average Bonchev–Trinajstić information content (AvgIpc) is 3.36. The molecule has 1 amide bonds. The first-order chi connectivity index (χ1) is 16.6. The van der Waals surface area contributed by atoms with Gasteiger partial charge in [-0.1, -0.05) is 11.8 Å². The smallest absolute Gasteiger partial charge is 0.277 e. The Hall–Kier alpha value is -3.97. The summed E-state index contributed by atoms with van der Waals surface area (Å²) in [5.41, 5.74) is 3.67. The van der Waals surface area contributed by atoms with Crippen molar-refractivity contribution < 1.29 is 10.0 Å². The Balaban J connectivity index is 1.29. The van der Waals surface area contributed by atoms with Crippen LogP contribution in [0.3, 0.4) is 0 Å². The largest absolute Gasteiger partial charge is 0.353 e. The SMILES string of the molecule is CSc1nc(Nc2ccc3[nH]ncc3c2)cc(N2CCN(c3ncc(C(=O)NO)cn3)CC2)n1. The van der Waals surface area contributed by atoms with Crippen molar-refractivity contribution in [1.29, 1.82) is 0 Å². The van der Waals surface area contributed by atoms with E-state index < -0.39 is 5.91 Å². The van der Waals surface area contributed by atoms with Gasteiger partial charge in [0.25, 0.3) is 5.91 Å². The number of fused-ring (bicyclic) bond motifs is 1. The van der Waals surface area contributed by atoms with Crippen LogP contribution in [0, 0.1) is 0 Å². The van der Waals surface area contributed by atoms with Crippen molar-refractivity contribution in [1.82, 2.24) is 35.6 Å². The van der Waals surface area contributed by atoms with Crippen LogP contribution in [-0.2, 0) is 0 Å². The normalized spacial score (nSPS) is 13.8. The highest BCUT2D eigenvalue weighted by Gasteiger charge is 2.21. The van der Waals surface area contributed by atoms with E-state index in [1.54, 1.807) is 11.7 Å². The van der Waals surface area contributed by atoms with E-state index in [1.165, 1.54) is 24.2 Å². The summed E-state index contributed by atoms with van der Waals surface area (Å²) >= 11 is 1.49.